The first-order chi connectivity index (χ1) is 14.5. The first-order valence-electron chi connectivity index (χ1n) is 9.83. The molecular formula is C22H21ClN4O3. The zero-order chi connectivity index (χ0) is 21.1. The van der Waals surface area contributed by atoms with Gasteiger partial charge in [0.25, 0.3) is 11.8 Å². The second-order valence-electron chi connectivity index (χ2n) is 7.38. The number of halogens is 1. The van der Waals surface area contributed by atoms with Gasteiger partial charge in [0.15, 0.2) is 0 Å². The van der Waals surface area contributed by atoms with Crippen molar-refractivity contribution in [2.45, 2.75) is 38.3 Å². The molecule has 2 aliphatic rings. The van der Waals surface area contributed by atoms with E-state index in [4.69, 9.17) is 11.6 Å². The predicted octanol–water partition coefficient (Wildman–Crippen LogP) is 3.35. The van der Waals surface area contributed by atoms with Gasteiger partial charge in [0.2, 0.25) is 5.91 Å². The Morgan fingerprint density at radius 2 is 1.83 bits per heavy atom. The number of carbonyl (C=O) groups is 3. The maximum atomic E-state index is 12.7. The molecule has 2 aromatic carbocycles. The van der Waals surface area contributed by atoms with E-state index in [0.717, 1.165) is 18.4 Å². The van der Waals surface area contributed by atoms with Crippen LogP contribution in [-0.2, 0) is 16.1 Å². The van der Waals surface area contributed by atoms with E-state index in [-0.39, 0.29) is 41.4 Å². The van der Waals surface area contributed by atoms with Gasteiger partial charge in [-0.15, -0.1) is 0 Å². The minimum Gasteiger partial charge on any atom is -0.349 e. The standard InChI is InChI=1S/C22H21ClN4O3/c23-18-12-16(8-9-17(18)21(29)24-15-6-7-15)25-22(30)19-10-11-20(28)27(26-19)13-14-4-2-1-3-5-14/h1-5,8-9,12,15H,6-7,10-11,13H2,(H,24,29)(H,25,30). The van der Waals surface area contributed by atoms with Gasteiger partial charge in [0.05, 0.1) is 17.1 Å². The second-order valence-corrected chi connectivity index (χ2v) is 7.79. The molecule has 4 rings (SSSR count). The molecule has 3 amide bonds. The molecule has 1 saturated carbocycles. The lowest BCUT2D eigenvalue weighted by Crippen LogP contribution is -2.36. The van der Waals surface area contributed by atoms with Gasteiger partial charge in [-0.1, -0.05) is 41.9 Å². The third-order valence-electron chi connectivity index (χ3n) is 4.93. The largest absolute Gasteiger partial charge is 0.349 e. The van der Waals surface area contributed by atoms with Gasteiger partial charge in [-0.05, 0) is 36.6 Å². The van der Waals surface area contributed by atoms with Crippen molar-refractivity contribution in [1.29, 1.82) is 0 Å². The van der Waals surface area contributed by atoms with Crippen molar-refractivity contribution in [2.24, 2.45) is 5.10 Å². The first-order valence-corrected chi connectivity index (χ1v) is 10.2. The summed E-state index contributed by atoms with van der Waals surface area (Å²) in [5.41, 5.74) is 2.04. The van der Waals surface area contributed by atoms with Gasteiger partial charge in [-0.3, -0.25) is 14.4 Å². The van der Waals surface area contributed by atoms with Crippen LogP contribution in [0.25, 0.3) is 0 Å². The second kappa shape index (κ2) is 8.67. The fraction of sp³-hybridized carbons (Fsp3) is 0.273. The maximum absolute atomic E-state index is 12.7. The maximum Gasteiger partial charge on any atom is 0.271 e. The number of carbonyl (C=O) groups excluding carboxylic acids is 3. The van der Waals surface area contributed by atoms with Crippen molar-refractivity contribution in [3.05, 3.63) is 64.7 Å². The Kier molecular flexibility index (Phi) is 5.81. The number of hydrazone groups is 1. The van der Waals surface area contributed by atoms with Crippen molar-refractivity contribution in [1.82, 2.24) is 10.3 Å². The monoisotopic (exact) mass is 424 g/mol. The fourth-order valence-corrected chi connectivity index (χ4v) is 3.38. The molecule has 2 N–H and O–H groups in total. The molecule has 0 unspecified atom stereocenters. The highest BCUT2D eigenvalue weighted by Gasteiger charge is 2.26. The van der Waals surface area contributed by atoms with Crippen LogP contribution in [0.5, 0.6) is 0 Å². The highest BCUT2D eigenvalue weighted by Crippen LogP contribution is 2.24. The van der Waals surface area contributed by atoms with E-state index in [1.54, 1.807) is 12.1 Å². The summed E-state index contributed by atoms with van der Waals surface area (Å²) >= 11 is 6.23. The number of nitrogens with one attached hydrogen (secondary N) is 2. The molecule has 1 heterocycles. The Morgan fingerprint density at radius 3 is 2.53 bits per heavy atom. The van der Waals surface area contributed by atoms with Crippen molar-refractivity contribution in [3.8, 4) is 0 Å². The average Bonchev–Trinajstić information content (AvgIpc) is 3.54. The molecule has 1 fully saturated rings. The summed E-state index contributed by atoms with van der Waals surface area (Å²) in [5.74, 6) is -0.733. The molecule has 0 radical (unpaired) electrons. The van der Waals surface area contributed by atoms with E-state index in [0.29, 0.717) is 17.8 Å². The number of nitrogens with zero attached hydrogens (tertiary/aromatic N) is 2. The smallest absolute Gasteiger partial charge is 0.271 e. The van der Waals surface area contributed by atoms with Gasteiger partial charge in [0.1, 0.15) is 5.71 Å². The summed E-state index contributed by atoms with van der Waals surface area (Å²) in [7, 11) is 0. The first kappa shape index (κ1) is 20.1. The van der Waals surface area contributed by atoms with Gasteiger partial charge >= 0.3 is 0 Å². The predicted molar refractivity (Wildman–Crippen MR) is 114 cm³/mol. The molecule has 7 nitrogen and oxygen atoms in total. The highest BCUT2D eigenvalue weighted by atomic mass is 35.5. The molecule has 30 heavy (non-hydrogen) atoms. The molecule has 0 aromatic heterocycles. The van der Waals surface area contributed by atoms with Crippen LogP contribution in [0.3, 0.4) is 0 Å². The third kappa shape index (κ3) is 4.86. The quantitative estimate of drug-likeness (QED) is 0.745. The van der Waals surface area contributed by atoms with Gasteiger partial charge in [-0.2, -0.15) is 5.10 Å². The van der Waals surface area contributed by atoms with Crippen molar-refractivity contribution >= 4 is 40.7 Å². The van der Waals surface area contributed by atoms with Crippen molar-refractivity contribution < 1.29 is 14.4 Å². The van der Waals surface area contributed by atoms with Crippen LogP contribution in [0.15, 0.2) is 53.6 Å². The number of amides is 3. The molecule has 0 bridgehead atoms. The Hall–Kier alpha value is -3.19. The molecule has 0 atom stereocenters. The summed E-state index contributed by atoms with van der Waals surface area (Å²) in [6.07, 6.45) is 2.47. The molecule has 154 valence electrons. The van der Waals surface area contributed by atoms with E-state index in [1.165, 1.54) is 11.1 Å². The Morgan fingerprint density at radius 1 is 1.07 bits per heavy atom. The molecule has 1 aliphatic heterocycles. The Bertz CT molecular complexity index is 1020. The number of benzene rings is 2. The average molecular weight is 425 g/mol. The van der Waals surface area contributed by atoms with Crippen LogP contribution in [0, 0.1) is 0 Å². The topological polar surface area (TPSA) is 90.9 Å². The SMILES string of the molecule is O=C(Nc1ccc(C(=O)NC2CC2)c(Cl)c1)C1=NN(Cc2ccccc2)C(=O)CC1. The third-order valence-corrected chi connectivity index (χ3v) is 5.24. The van der Waals surface area contributed by atoms with E-state index in [9.17, 15) is 14.4 Å². The van der Waals surface area contributed by atoms with Gasteiger partial charge < -0.3 is 10.6 Å². The zero-order valence-corrected chi connectivity index (χ0v) is 17.0. The summed E-state index contributed by atoms with van der Waals surface area (Å²) in [4.78, 5) is 37.0. The van der Waals surface area contributed by atoms with Gasteiger partial charge in [-0.25, -0.2) is 5.01 Å². The molecule has 2 aromatic rings. The summed E-state index contributed by atoms with van der Waals surface area (Å²) in [6.45, 7) is 0.313. The van der Waals surface area contributed by atoms with Crippen molar-refractivity contribution in [3.63, 3.8) is 0 Å². The van der Waals surface area contributed by atoms with E-state index in [2.05, 4.69) is 15.7 Å². The van der Waals surface area contributed by atoms with E-state index >= 15 is 0 Å². The lowest BCUT2D eigenvalue weighted by molar-refractivity contribution is -0.132. The fourth-order valence-electron chi connectivity index (χ4n) is 3.12. The number of hydrogen-bond donors (Lipinski definition) is 2. The van der Waals surface area contributed by atoms with E-state index < -0.39 is 5.91 Å². The zero-order valence-electron chi connectivity index (χ0n) is 16.2. The van der Waals surface area contributed by atoms with Crippen LogP contribution in [0.2, 0.25) is 5.02 Å². The Balaban J connectivity index is 1.43. The number of anilines is 1. The van der Waals surface area contributed by atoms with Crippen LogP contribution >= 0.6 is 11.6 Å². The van der Waals surface area contributed by atoms with Crippen LogP contribution in [0.4, 0.5) is 5.69 Å². The molecule has 0 saturated heterocycles. The molecule has 1 aliphatic carbocycles. The number of rotatable bonds is 6. The molecule has 8 heteroatoms. The minimum atomic E-state index is -0.396. The molecule has 0 spiro atoms. The number of hydrogen-bond acceptors (Lipinski definition) is 4. The van der Waals surface area contributed by atoms with Gasteiger partial charge in [0, 0.05) is 24.6 Å². The summed E-state index contributed by atoms with van der Waals surface area (Å²) < 4.78 is 0. The molecular weight excluding hydrogens is 404 g/mol. The van der Waals surface area contributed by atoms with Crippen LogP contribution in [-0.4, -0.2) is 34.5 Å². The lowest BCUT2D eigenvalue weighted by Gasteiger charge is -2.23. The highest BCUT2D eigenvalue weighted by molar-refractivity contribution is 6.43. The normalized spacial score (nSPS) is 16.1. The summed E-state index contributed by atoms with van der Waals surface area (Å²) in [5, 5.41) is 11.5. The van der Waals surface area contributed by atoms with Crippen LogP contribution < -0.4 is 10.6 Å². The lowest BCUT2D eigenvalue weighted by atomic mass is 10.1. The Labute approximate surface area is 179 Å². The summed E-state index contributed by atoms with van der Waals surface area (Å²) in [6, 6.07) is 14.5. The minimum absolute atomic E-state index is 0.121. The van der Waals surface area contributed by atoms with E-state index in [1.807, 2.05) is 30.3 Å². The van der Waals surface area contributed by atoms with Crippen LogP contribution in [0.1, 0.15) is 41.6 Å². The van der Waals surface area contributed by atoms with Crippen molar-refractivity contribution in [2.75, 3.05) is 5.32 Å².